The van der Waals surface area contributed by atoms with Crippen molar-refractivity contribution in [2.24, 2.45) is 0 Å². The first-order valence-corrected chi connectivity index (χ1v) is 6.42. The molecule has 0 bridgehead atoms. The predicted octanol–water partition coefficient (Wildman–Crippen LogP) is 2.49. The summed E-state index contributed by atoms with van der Waals surface area (Å²) in [5, 5.41) is 11.4. The molecule has 5 nitrogen and oxygen atoms in total. The Hall–Kier alpha value is -1.82. The molecule has 1 aromatic rings. The number of aliphatic carboxylic acids is 1. The molecule has 0 radical (unpaired) electrons. The highest BCUT2D eigenvalue weighted by Gasteiger charge is 2.11. The minimum absolute atomic E-state index is 0.00703. The number of carbonyl (C=O) groups excluding carboxylic acids is 1. The molecular formula is C13H16ClFN2O3. The van der Waals surface area contributed by atoms with Gasteiger partial charge in [-0.15, -0.1) is 0 Å². The molecule has 0 aliphatic carbocycles. The van der Waals surface area contributed by atoms with Crippen LogP contribution in [-0.2, 0) is 11.3 Å². The molecule has 20 heavy (non-hydrogen) atoms. The van der Waals surface area contributed by atoms with E-state index in [1.807, 2.05) is 0 Å². The number of rotatable bonds is 6. The van der Waals surface area contributed by atoms with Crippen LogP contribution < -0.4 is 5.32 Å². The van der Waals surface area contributed by atoms with Gasteiger partial charge in [0.15, 0.2) is 0 Å². The second-order valence-corrected chi connectivity index (χ2v) is 4.76. The third-order valence-electron chi connectivity index (χ3n) is 2.61. The van der Waals surface area contributed by atoms with E-state index in [9.17, 15) is 14.0 Å². The van der Waals surface area contributed by atoms with Gasteiger partial charge in [0.05, 0.1) is 0 Å². The molecule has 0 saturated heterocycles. The minimum Gasteiger partial charge on any atom is -0.481 e. The molecule has 0 spiro atoms. The number of hydrogen-bond acceptors (Lipinski definition) is 2. The molecular weight excluding hydrogens is 287 g/mol. The molecule has 1 aromatic carbocycles. The zero-order chi connectivity index (χ0) is 15.1. The number of halogens is 2. The van der Waals surface area contributed by atoms with Gasteiger partial charge >= 0.3 is 12.0 Å². The Morgan fingerprint density at radius 2 is 2.15 bits per heavy atom. The van der Waals surface area contributed by atoms with Crippen LogP contribution in [0, 0.1) is 5.82 Å². The summed E-state index contributed by atoms with van der Waals surface area (Å²) in [7, 11) is 1.52. The van der Waals surface area contributed by atoms with Gasteiger partial charge < -0.3 is 15.3 Å². The monoisotopic (exact) mass is 302 g/mol. The van der Waals surface area contributed by atoms with Crippen LogP contribution in [0.15, 0.2) is 18.2 Å². The lowest BCUT2D eigenvalue weighted by atomic mass is 10.2. The number of carboxylic acid groups (broad SMARTS) is 1. The summed E-state index contributed by atoms with van der Waals surface area (Å²) in [4.78, 5) is 23.3. The number of hydrogen-bond donors (Lipinski definition) is 2. The van der Waals surface area contributed by atoms with Crippen molar-refractivity contribution in [3.63, 3.8) is 0 Å². The van der Waals surface area contributed by atoms with Crippen LogP contribution in [0.3, 0.4) is 0 Å². The molecule has 2 N–H and O–H groups in total. The highest BCUT2D eigenvalue weighted by atomic mass is 35.5. The summed E-state index contributed by atoms with van der Waals surface area (Å²) in [5.74, 6) is -1.34. The molecule has 0 aliphatic heterocycles. The Labute approximate surface area is 121 Å². The number of carbonyl (C=O) groups is 2. The fraction of sp³-hybridized carbons (Fsp3) is 0.385. The highest BCUT2D eigenvalue weighted by Crippen LogP contribution is 2.16. The van der Waals surface area contributed by atoms with E-state index in [4.69, 9.17) is 16.7 Å². The number of urea groups is 1. The van der Waals surface area contributed by atoms with Crippen LogP contribution in [0.1, 0.15) is 18.4 Å². The van der Waals surface area contributed by atoms with Crippen molar-refractivity contribution >= 4 is 23.6 Å². The average Bonchev–Trinajstić information content (AvgIpc) is 2.38. The molecule has 1 rings (SSSR count). The van der Waals surface area contributed by atoms with Crippen molar-refractivity contribution < 1.29 is 19.1 Å². The van der Waals surface area contributed by atoms with Crippen LogP contribution in [0.2, 0.25) is 5.02 Å². The Morgan fingerprint density at radius 1 is 1.45 bits per heavy atom. The quantitative estimate of drug-likeness (QED) is 0.793. The van der Waals surface area contributed by atoms with E-state index >= 15 is 0 Å². The van der Waals surface area contributed by atoms with Crippen molar-refractivity contribution in [3.8, 4) is 0 Å². The lowest BCUT2D eigenvalue weighted by molar-refractivity contribution is -0.137. The minimum atomic E-state index is -0.909. The molecule has 0 aliphatic rings. The van der Waals surface area contributed by atoms with Gasteiger partial charge in [0.2, 0.25) is 0 Å². The second kappa shape index (κ2) is 7.69. The van der Waals surface area contributed by atoms with Crippen molar-refractivity contribution in [2.75, 3.05) is 13.6 Å². The Bertz CT molecular complexity index is 497. The second-order valence-electron chi connectivity index (χ2n) is 4.32. The average molecular weight is 303 g/mol. The maximum Gasteiger partial charge on any atom is 0.317 e. The van der Waals surface area contributed by atoms with Gasteiger partial charge in [-0.25, -0.2) is 9.18 Å². The lowest BCUT2D eigenvalue weighted by Gasteiger charge is -2.18. The molecule has 0 saturated carbocycles. The summed E-state index contributed by atoms with van der Waals surface area (Å²) in [6, 6.07) is 3.75. The van der Waals surface area contributed by atoms with Crippen molar-refractivity contribution in [2.45, 2.75) is 19.4 Å². The Morgan fingerprint density at radius 3 is 2.80 bits per heavy atom. The maximum atomic E-state index is 13.5. The molecule has 7 heteroatoms. The van der Waals surface area contributed by atoms with Crippen molar-refractivity contribution in [1.82, 2.24) is 10.2 Å². The Kier molecular flexibility index (Phi) is 6.24. The zero-order valence-corrected chi connectivity index (χ0v) is 11.8. The first kappa shape index (κ1) is 16.2. The van der Waals surface area contributed by atoms with E-state index in [-0.39, 0.29) is 19.5 Å². The van der Waals surface area contributed by atoms with Crippen molar-refractivity contribution in [3.05, 3.63) is 34.6 Å². The van der Waals surface area contributed by atoms with E-state index < -0.39 is 17.8 Å². The molecule has 0 fully saturated rings. The third-order valence-corrected chi connectivity index (χ3v) is 2.84. The summed E-state index contributed by atoms with van der Waals surface area (Å²) in [5.41, 5.74) is 0.320. The first-order valence-electron chi connectivity index (χ1n) is 6.05. The number of carboxylic acids is 1. The van der Waals surface area contributed by atoms with Crippen LogP contribution >= 0.6 is 11.6 Å². The van der Waals surface area contributed by atoms with Crippen molar-refractivity contribution in [1.29, 1.82) is 0 Å². The van der Waals surface area contributed by atoms with Crippen LogP contribution in [0.5, 0.6) is 0 Å². The topological polar surface area (TPSA) is 69.6 Å². The van der Waals surface area contributed by atoms with Gasteiger partial charge in [-0.1, -0.05) is 11.6 Å². The van der Waals surface area contributed by atoms with Crippen LogP contribution in [0.25, 0.3) is 0 Å². The molecule has 0 atom stereocenters. The fourth-order valence-electron chi connectivity index (χ4n) is 1.56. The van der Waals surface area contributed by atoms with Crippen LogP contribution in [0.4, 0.5) is 9.18 Å². The maximum absolute atomic E-state index is 13.5. The van der Waals surface area contributed by atoms with Gasteiger partial charge in [0.25, 0.3) is 0 Å². The number of amides is 2. The third kappa shape index (κ3) is 5.44. The smallest absolute Gasteiger partial charge is 0.317 e. The normalized spacial score (nSPS) is 10.2. The molecule has 0 aromatic heterocycles. The van der Waals surface area contributed by atoms with Gasteiger partial charge in [-0.05, 0) is 24.6 Å². The zero-order valence-electron chi connectivity index (χ0n) is 11.0. The number of nitrogens with zero attached hydrogens (tertiary/aromatic N) is 1. The lowest BCUT2D eigenvalue weighted by Crippen LogP contribution is -2.37. The van der Waals surface area contributed by atoms with E-state index in [1.165, 1.54) is 30.1 Å². The molecule has 0 heterocycles. The van der Waals surface area contributed by atoms with Gasteiger partial charge in [-0.3, -0.25) is 4.79 Å². The summed E-state index contributed by atoms with van der Waals surface area (Å²) in [6.07, 6.45) is 0.341. The SMILES string of the molecule is CN(Cc1cc(Cl)ccc1F)C(=O)NCCCC(=O)O. The Balaban J connectivity index is 2.45. The van der Waals surface area contributed by atoms with Crippen LogP contribution in [-0.4, -0.2) is 35.6 Å². The van der Waals surface area contributed by atoms with E-state index in [0.717, 1.165) is 0 Å². The molecule has 110 valence electrons. The van der Waals surface area contributed by atoms with E-state index in [2.05, 4.69) is 5.32 Å². The van der Waals surface area contributed by atoms with E-state index in [0.29, 0.717) is 17.0 Å². The number of nitrogens with one attached hydrogen (secondary N) is 1. The first-order chi connectivity index (χ1) is 9.40. The largest absolute Gasteiger partial charge is 0.481 e. The van der Waals surface area contributed by atoms with Gasteiger partial charge in [0, 0.05) is 37.1 Å². The summed E-state index contributed by atoms with van der Waals surface area (Å²) >= 11 is 5.77. The number of benzene rings is 1. The fourth-order valence-corrected chi connectivity index (χ4v) is 1.76. The molecule has 0 unspecified atom stereocenters. The van der Waals surface area contributed by atoms with E-state index in [1.54, 1.807) is 0 Å². The highest BCUT2D eigenvalue weighted by molar-refractivity contribution is 6.30. The summed E-state index contributed by atoms with van der Waals surface area (Å²) < 4.78 is 13.5. The van der Waals surface area contributed by atoms with Gasteiger partial charge in [-0.2, -0.15) is 0 Å². The molecule has 2 amide bonds. The standard InChI is InChI=1S/C13H16ClFN2O3/c1-17(13(20)16-6-2-3-12(18)19)8-9-7-10(14)4-5-11(9)15/h4-5,7H,2-3,6,8H2,1H3,(H,16,20)(H,18,19). The summed E-state index contributed by atoms with van der Waals surface area (Å²) in [6.45, 7) is 0.338. The van der Waals surface area contributed by atoms with Gasteiger partial charge in [0.1, 0.15) is 5.82 Å². The predicted molar refractivity (Wildman–Crippen MR) is 73.1 cm³/mol.